The molecule has 1 aromatic rings. The quantitative estimate of drug-likeness (QED) is 0.471. The average molecular weight is 306 g/mol. The van der Waals surface area contributed by atoms with Crippen molar-refractivity contribution < 1.29 is 10.2 Å². The van der Waals surface area contributed by atoms with Crippen molar-refractivity contribution >= 4 is 0 Å². The lowest BCUT2D eigenvalue weighted by molar-refractivity contribution is 0.282. The molecule has 0 spiro atoms. The molecule has 0 amide bonds. The van der Waals surface area contributed by atoms with Crippen LogP contribution in [0.5, 0.6) is 5.75 Å². The van der Waals surface area contributed by atoms with E-state index in [1.165, 1.54) is 64.2 Å². The van der Waals surface area contributed by atoms with Gasteiger partial charge in [0, 0.05) is 6.61 Å². The van der Waals surface area contributed by atoms with Crippen LogP contribution in [-0.4, -0.2) is 16.8 Å². The molecule has 0 atom stereocenters. The number of phenolic OH excluding ortho intramolecular Hbond substituents is 1. The number of aryl methyl sites for hydroxylation is 2. The Kier molecular flexibility index (Phi) is 10.8. The van der Waals surface area contributed by atoms with Crippen LogP contribution in [0.25, 0.3) is 0 Å². The Bertz CT molecular complexity index is 387. The normalized spacial score (nSPS) is 11.0. The first-order chi connectivity index (χ1) is 10.8. The van der Waals surface area contributed by atoms with E-state index >= 15 is 0 Å². The first-order valence-corrected chi connectivity index (χ1v) is 9.14. The van der Waals surface area contributed by atoms with Gasteiger partial charge in [-0.3, -0.25) is 0 Å². The second kappa shape index (κ2) is 12.5. The highest BCUT2D eigenvalue weighted by Crippen LogP contribution is 2.23. The summed E-state index contributed by atoms with van der Waals surface area (Å²) < 4.78 is 0. The molecule has 0 aliphatic carbocycles. The molecule has 22 heavy (non-hydrogen) atoms. The molecular weight excluding hydrogens is 272 g/mol. The fourth-order valence-electron chi connectivity index (χ4n) is 2.94. The third kappa shape index (κ3) is 8.43. The van der Waals surface area contributed by atoms with Gasteiger partial charge in [-0.25, -0.2) is 0 Å². The molecule has 2 N–H and O–H groups in total. The van der Waals surface area contributed by atoms with Crippen LogP contribution in [-0.2, 0) is 6.42 Å². The van der Waals surface area contributed by atoms with Crippen LogP contribution >= 0.6 is 0 Å². The molecule has 2 heteroatoms. The number of aliphatic hydroxyl groups excluding tert-OH is 1. The third-order valence-electron chi connectivity index (χ3n) is 4.43. The van der Waals surface area contributed by atoms with Crippen molar-refractivity contribution in [1.29, 1.82) is 0 Å². The van der Waals surface area contributed by atoms with Gasteiger partial charge in [-0.1, -0.05) is 76.0 Å². The van der Waals surface area contributed by atoms with E-state index in [0.29, 0.717) is 12.4 Å². The third-order valence-corrected chi connectivity index (χ3v) is 4.43. The molecule has 126 valence electrons. The zero-order chi connectivity index (χ0) is 16.0. The Labute approximate surface area is 136 Å². The number of para-hydroxylation sites is 1. The fourth-order valence-corrected chi connectivity index (χ4v) is 2.94. The summed E-state index contributed by atoms with van der Waals surface area (Å²) in [6.07, 6.45) is 14.9. The molecule has 0 bridgehead atoms. The zero-order valence-corrected chi connectivity index (χ0v) is 14.3. The van der Waals surface area contributed by atoms with Crippen LogP contribution in [0.4, 0.5) is 0 Å². The van der Waals surface area contributed by atoms with Crippen molar-refractivity contribution in [2.75, 3.05) is 6.61 Å². The van der Waals surface area contributed by atoms with E-state index < -0.39 is 0 Å². The summed E-state index contributed by atoms with van der Waals surface area (Å²) in [5.41, 5.74) is 2.08. The molecule has 1 rings (SSSR count). The predicted molar refractivity (Wildman–Crippen MR) is 94.4 cm³/mol. The van der Waals surface area contributed by atoms with Gasteiger partial charge < -0.3 is 10.2 Å². The number of hydrogen-bond acceptors (Lipinski definition) is 2. The number of hydrogen-bond donors (Lipinski definition) is 2. The van der Waals surface area contributed by atoms with Gasteiger partial charge in [0.2, 0.25) is 0 Å². The van der Waals surface area contributed by atoms with E-state index in [9.17, 15) is 5.11 Å². The van der Waals surface area contributed by atoms with Crippen molar-refractivity contribution in [3.05, 3.63) is 29.3 Å². The molecule has 0 aliphatic rings. The molecule has 0 aliphatic heterocycles. The van der Waals surface area contributed by atoms with Crippen LogP contribution < -0.4 is 0 Å². The first-order valence-electron chi connectivity index (χ1n) is 9.14. The highest BCUT2D eigenvalue weighted by Gasteiger charge is 2.02. The second-order valence-corrected chi connectivity index (χ2v) is 6.45. The maximum absolute atomic E-state index is 9.96. The van der Waals surface area contributed by atoms with E-state index in [0.717, 1.165) is 24.0 Å². The molecule has 0 radical (unpaired) electrons. The Morgan fingerprint density at radius 2 is 1.23 bits per heavy atom. The second-order valence-electron chi connectivity index (χ2n) is 6.45. The summed E-state index contributed by atoms with van der Waals surface area (Å²) >= 11 is 0. The van der Waals surface area contributed by atoms with Gasteiger partial charge in [0.05, 0.1) is 0 Å². The average Bonchev–Trinajstić information content (AvgIpc) is 2.52. The molecular formula is C20H34O2. The standard InChI is InChI=1S/C20H34O2/c1-18-14-13-16-19(20(18)22)15-11-9-7-5-3-2-4-6-8-10-12-17-21/h13-14,16,21-22H,2-12,15,17H2,1H3. The van der Waals surface area contributed by atoms with Gasteiger partial charge in [-0.15, -0.1) is 0 Å². The van der Waals surface area contributed by atoms with Crippen LogP contribution in [0.15, 0.2) is 18.2 Å². The van der Waals surface area contributed by atoms with Crippen molar-refractivity contribution in [2.24, 2.45) is 0 Å². The summed E-state index contributed by atoms with van der Waals surface area (Å²) in [5.74, 6) is 0.490. The lowest BCUT2D eigenvalue weighted by Crippen LogP contribution is -1.89. The van der Waals surface area contributed by atoms with Crippen LogP contribution in [0.3, 0.4) is 0 Å². The van der Waals surface area contributed by atoms with E-state index in [2.05, 4.69) is 0 Å². The number of aliphatic hydroxyl groups is 1. The largest absolute Gasteiger partial charge is 0.507 e. The predicted octanol–water partition coefficient (Wildman–Crippen LogP) is 5.53. The molecule has 0 saturated carbocycles. The molecule has 0 heterocycles. The number of unbranched alkanes of at least 4 members (excludes halogenated alkanes) is 10. The lowest BCUT2D eigenvalue weighted by atomic mass is 10.0. The SMILES string of the molecule is Cc1cccc(CCCCCCCCCCCCCO)c1O. The number of rotatable bonds is 13. The van der Waals surface area contributed by atoms with Crippen LogP contribution in [0, 0.1) is 6.92 Å². The zero-order valence-electron chi connectivity index (χ0n) is 14.3. The monoisotopic (exact) mass is 306 g/mol. The maximum atomic E-state index is 9.96. The topological polar surface area (TPSA) is 40.5 Å². The molecule has 0 saturated heterocycles. The molecule has 0 unspecified atom stereocenters. The minimum Gasteiger partial charge on any atom is -0.507 e. The number of benzene rings is 1. The first kappa shape index (κ1) is 19.0. The minimum absolute atomic E-state index is 0.348. The Morgan fingerprint density at radius 1 is 0.727 bits per heavy atom. The minimum atomic E-state index is 0.348. The summed E-state index contributed by atoms with van der Waals surface area (Å²) in [7, 11) is 0. The molecule has 0 aromatic heterocycles. The van der Waals surface area contributed by atoms with Crippen molar-refractivity contribution in [3.8, 4) is 5.75 Å². The van der Waals surface area contributed by atoms with Crippen LogP contribution in [0.2, 0.25) is 0 Å². The smallest absolute Gasteiger partial charge is 0.121 e. The number of aromatic hydroxyl groups is 1. The lowest BCUT2D eigenvalue weighted by Gasteiger charge is -2.07. The van der Waals surface area contributed by atoms with Gasteiger partial charge in [0.15, 0.2) is 0 Å². The van der Waals surface area contributed by atoms with E-state index in [1.54, 1.807) is 0 Å². The van der Waals surface area contributed by atoms with Gasteiger partial charge in [-0.05, 0) is 37.3 Å². The van der Waals surface area contributed by atoms with Gasteiger partial charge in [-0.2, -0.15) is 0 Å². The summed E-state index contributed by atoms with van der Waals surface area (Å²) in [5, 5.41) is 18.7. The Balaban J connectivity index is 1.90. The summed E-state index contributed by atoms with van der Waals surface area (Å²) in [6.45, 7) is 2.31. The summed E-state index contributed by atoms with van der Waals surface area (Å²) in [4.78, 5) is 0. The highest BCUT2D eigenvalue weighted by atomic mass is 16.3. The number of phenols is 1. The van der Waals surface area contributed by atoms with Gasteiger partial charge in [0.1, 0.15) is 5.75 Å². The molecule has 0 fully saturated rings. The molecule has 2 nitrogen and oxygen atoms in total. The maximum Gasteiger partial charge on any atom is 0.121 e. The van der Waals surface area contributed by atoms with Crippen LogP contribution in [0.1, 0.15) is 81.8 Å². The Morgan fingerprint density at radius 3 is 1.77 bits per heavy atom. The van der Waals surface area contributed by atoms with E-state index in [4.69, 9.17) is 5.11 Å². The van der Waals surface area contributed by atoms with Gasteiger partial charge in [0.25, 0.3) is 0 Å². The highest BCUT2D eigenvalue weighted by molar-refractivity contribution is 5.39. The van der Waals surface area contributed by atoms with Crippen molar-refractivity contribution in [1.82, 2.24) is 0 Å². The van der Waals surface area contributed by atoms with Gasteiger partial charge >= 0.3 is 0 Å². The molecule has 1 aromatic carbocycles. The van der Waals surface area contributed by atoms with E-state index in [-0.39, 0.29) is 0 Å². The van der Waals surface area contributed by atoms with Crippen molar-refractivity contribution in [3.63, 3.8) is 0 Å². The van der Waals surface area contributed by atoms with E-state index in [1.807, 2.05) is 25.1 Å². The Hall–Kier alpha value is -1.02. The van der Waals surface area contributed by atoms with Crippen molar-refractivity contribution in [2.45, 2.75) is 84.0 Å². The summed E-state index contributed by atoms with van der Waals surface area (Å²) in [6, 6.07) is 6.03. The fraction of sp³-hybridized carbons (Fsp3) is 0.700.